The zero-order chi connectivity index (χ0) is 20.1. The van der Waals surface area contributed by atoms with Gasteiger partial charge in [0.15, 0.2) is 11.1 Å². The largest absolute Gasteiger partial charge is 0.348 e. The standard InChI is InChI=1S/C22H22N2O3S/c1-15-8-9-17(12-23-15)13-24-22(25)21-11-19(18-6-4-3-5-7-18)10-20(16(21)2)14-28(26)27/h3-12H,13-14H2,1-2H3,(H,24,25)(H,26,27). The molecule has 0 saturated heterocycles. The average Bonchev–Trinajstić information content (AvgIpc) is 2.69. The van der Waals surface area contributed by atoms with E-state index in [9.17, 15) is 13.6 Å². The number of pyridine rings is 1. The van der Waals surface area contributed by atoms with Crippen LogP contribution in [0.5, 0.6) is 0 Å². The molecule has 0 fully saturated rings. The number of aryl methyl sites for hydroxylation is 1. The van der Waals surface area contributed by atoms with Crippen molar-refractivity contribution in [1.82, 2.24) is 10.3 Å². The summed E-state index contributed by atoms with van der Waals surface area (Å²) < 4.78 is 20.8. The smallest absolute Gasteiger partial charge is 0.251 e. The lowest BCUT2D eigenvalue weighted by Crippen LogP contribution is -2.24. The minimum atomic E-state index is -1.99. The minimum absolute atomic E-state index is 0.0192. The van der Waals surface area contributed by atoms with Crippen molar-refractivity contribution in [3.63, 3.8) is 0 Å². The summed E-state index contributed by atoms with van der Waals surface area (Å²) in [6, 6.07) is 17.2. The van der Waals surface area contributed by atoms with Gasteiger partial charge in [-0.25, -0.2) is 4.21 Å². The zero-order valence-corrected chi connectivity index (χ0v) is 16.6. The highest BCUT2D eigenvalue weighted by atomic mass is 32.2. The van der Waals surface area contributed by atoms with E-state index >= 15 is 0 Å². The van der Waals surface area contributed by atoms with Crippen molar-refractivity contribution in [3.05, 3.63) is 88.7 Å². The van der Waals surface area contributed by atoms with E-state index in [-0.39, 0.29) is 11.7 Å². The molecule has 2 aromatic carbocycles. The Labute approximate surface area is 167 Å². The molecule has 3 aromatic rings. The highest BCUT2D eigenvalue weighted by Crippen LogP contribution is 2.26. The molecule has 5 nitrogen and oxygen atoms in total. The van der Waals surface area contributed by atoms with Gasteiger partial charge in [0.25, 0.3) is 5.91 Å². The second-order valence-corrected chi connectivity index (χ2v) is 7.56. The monoisotopic (exact) mass is 394 g/mol. The lowest BCUT2D eigenvalue weighted by Gasteiger charge is -2.14. The Balaban J connectivity index is 1.92. The van der Waals surface area contributed by atoms with Gasteiger partial charge in [0.05, 0.1) is 5.75 Å². The maximum absolute atomic E-state index is 12.9. The number of carbonyl (C=O) groups excluding carboxylic acids is 1. The molecule has 1 amide bonds. The Kier molecular flexibility index (Phi) is 6.34. The molecule has 2 N–H and O–H groups in total. The third-order valence-corrected chi connectivity index (χ3v) is 5.13. The molecule has 0 aliphatic carbocycles. The van der Waals surface area contributed by atoms with Crippen LogP contribution in [0.1, 0.15) is 32.7 Å². The van der Waals surface area contributed by atoms with Crippen LogP contribution in [-0.4, -0.2) is 19.7 Å². The van der Waals surface area contributed by atoms with Gasteiger partial charge in [-0.2, -0.15) is 0 Å². The summed E-state index contributed by atoms with van der Waals surface area (Å²) in [6.45, 7) is 4.08. The van der Waals surface area contributed by atoms with Gasteiger partial charge in [0.1, 0.15) is 0 Å². The van der Waals surface area contributed by atoms with Crippen molar-refractivity contribution >= 4 is 17.0 Å². The number of amides is 1. The summed E-state index contributed by atoms with van der Waals surface area (Å²) in [6.07, 6.45) is 1.74. The number of rotatable bonds is 6. The molecule has 3 rings (SSSR count). The highest BCUT2D eigenvalue weighted by molar-refractivity contribution is 7.78. The topological polar surface area (TPSA) is 79.3 Å². The molecule has 1 aromatic heterocycles. The normalized spacial score (nSPS) is 11.8. The Morgan fingerprint density at radius 1 is 1.07 bits per heavy atom. The molecule has 6 heteroatoms. The maximum atomic E-state index is 12.9. The molecule has 0 radical (unpaired) electrons. The van der Waals surface area contributed by atoms with Crippen LogP contribution in [0.4, 0.5) is 0 Å². The number of nitrogens with zero attached hydrogens (tertiary/aromatic N) is 1. The third-order valence-electron chi connectivity index (χ3n) is 4.57. The van der Waals surface area contributed by atoms with Gasteiger partial charge in [-0.05, 0) is 59.9 Å². The fourth-order valence-electron chi connectivity index (χ4n) is 2.97. The van der Waals surface area contributed by atoms with E-state index in [4.69, 9.17) is 0 Å². The molecule has 28 heavy (non-hydrogen) atoms. The quantitative estimate of drug-likeness (QED) is 0.619. The Morgan fingerprint density at radius 3 is 2.46 bits per heavy atom. The van der Waals surface area contributed by atoms with Crippen LogP contribution < -0.4 is 5.32 Å². The van der Waals surface area contributed by atoms with Crippen molar-refractivity contribution < 1.29 is 13.6 Å². The molecular weight excluding hydrogens is 372 g/mol. The number of hydrogen-bond donors (Lipinski definition) is 2. The number of carbonyl (C=O) groups is 1. The Morgan fingerprint density at radius 2 is 1.82 bits per heavy atom. The number of benzene rings is 2. The minimum Gasteiger partial charge on any atom is -0.348 e. The molecule has 0 saturated carbocycles. The first kappa shape index (κ1) is 19.9. The molecular formula is C22H22N2O3S. The fraction of sp³-hybridized carbons (Fsp3) is 0.182. The first-order chi connectivity index (χ1) is 13.4. The summed E-state index contributed by atoms with van der Waals surface area (Å²) >= 11 is -1.99. The molecule has 0 aliphatic rings. The SMILES string of the molecule is Cc1ccc(CNC(=O)c2cc(-c3ccccc3)cc(CS(=O)O)c2C)cn1. The summed E-state index contributed by atoms with van der Waals surface area (Å²) in [7, 11) is 0. The van der Waals surface area contributed by atoms with E-state index < -0.39 is 11.1 Å². The summed E-state index contributed by atoms with van der Waals surface area (Å²) in [5.74, 6) is -0.241. The van der Waals surface area contributed by atoms with Gasteiger partial charge in [0.2, 0.25) is 0 Å². The van der Waals surface area contributed by atoms with E-state index in [1.54, 1.807) is 13.1 Å². The van der Waals surface area contributed by atoms with Crippen molar-refractivity contribution in [1.29, 1.82) is 0 Å². The van der Waals surface area contributed by atoms with E-state index in [1.165, 1.54) is 0 Å². The number of nitrogens with one attached hydrogen (secondary N) is 1. The molecule has 144 valence electrons. The van der Waals surface area contributed by atoms with Crippen LogP contribution in [0.2, 0.25) is 0 Å². The second kappa shape index (κ2) is 8.91. The second-order valence-electron chi connectivity index (χ2n) is 6.63. The van der Waals surface area contributed by atoms with Crippen molar-refractivity contribution in [3.8, 4) is 11.1 Å². The lowest BCUT2D eigenvalue weighted by atomic mass is 9.95. The molecule has 0 spiro atoms. The first-order valence-electron chi connectivity index (χ1n) is 8.90. The van der Waals surface area contributed by atoms with Gasteiger partial charge >= 0.3 is 0 Å². The molecule has 1 atom stereocenters. The van der Waals surface area contributed by atoms with Crippen molar-refractivity contribution in [2.75, 3.05) is 0 Å². The molecule has 0 bridgehead atoms. The van der Waals surface area contributed by atoms with E-state index in [2.05, 4.69) is 10.3 Å². The van der Waals surface area contributed by atoms with Gasteiger partial charge < -0.3 is 9.87 Å². The molecule has 1 unspecified atom stereocenters. The van der Waals surface area contributed by atoms with Crippen molar-refractivity contribution in [2.45, 2.75) is 26.1 Å². The highest BCUT2D eigenvalue weighted by Gasteiger charge is 2.16. The van der Waals surface area contributed by atoms with Gasteiger partial charge in [-0.3, -0.25) is 9.78 Å². The lowest BCUT2D eigenvalue weighted by molar-refractivity contribution is 0.0950. The van der Waals surface area contributed by atoms with Crippen LogP contribution in [0.3, 0.4) is 0 Å². The van der Waals surface area contributed by atoms with E-state index in [0.29, 0.717) is 23.2 Å². The van der Waals surface area contributed by atoms with E-state index in [0.717, 1.165) is 22.4 Å². The molecule has 0 aliphatic heterocycles. The predicted molar refractivity (Wildman–Crippen MR) is 111 cm³/mol. The fourth-order valence-corrected chi connectivity index (χ4v) is 3.54. The summed E-state index contributed by atoms with van der Waals surface area (Å²) in [5, 5.41) is 2.92. The van der Waals surface area contributed by atoms with Crippen LogP contribution >= 0.6 is 0 Å². The van der Waals surface area contributed by atoms with Gasteiger partial charge in [-0.1, -0.05) is 36.4 Å². The molecule has 1 heterocycles. The number of aromatic nitrogens is 1. The summed E-state index contributed by atoms with van der Waals surface area (Å²) in [4.78, 5) is 17.1. The van der Waals surface area contributed by atoms with Gasteiger partial charge in [0, 0.05) is 24.0 Å². The first-order valence-corrected chi connectivity index (χ1v) is 10.2. The summed E-state index contributed by atoms with van der Waals surface area (Å²) in [5.41, 5.74) is 5.52. The average molecular weight is 394 g/mol. The van der Waals surface area contributed by atoms with Gasteiger partial charge in [-0.15, -0.1) is 0 Å². The maximum Gasteiger partial charge on any atom is 0.251 e. The van der Waals surface area contributed by atoms with Crippen LogP contribution in [0.25, 0.3) is 11.1 Å². The van der Waals surface area contributed by atoms with Crippen LogP contribution in [0.15, 0.2) is 60.8 Å². The predicted octanol–water partition coefficient (Wildman–Crippen LogP) is 4.02. The van der Waals surface area contributed by atoms with Crippen LogP contribution in [0, 0.1) is 13.8 Å². The Bertz CT molecular complexity index is 1000. The zero-order valence-electron chi connectivity index (χ0n) is 15.8. The number of hydrogen-bond acceptors (Lipinski definition) is 3. The van der Waals surface area contributed by atoms with Crippen LogP contribution in [-0.2, 0) is 23.4 Å². The van der Waals surface area contributed by atoms with E-state index in [1.807, 2.05) is 61.5 Å². The third kappa shape index (κ3) is 4.91. The Hall–Kier alpha value is -2.83. The van der Waals surface area contributed by atoms with Crippen molar-refractivity contribution in [2.24, 2.45) is 0 Å².